The van der Waals surface area contributed by atoms with E-state index < -0.39 is 0 Å². The number of hydrogen-bond acceptors (Lipinski definition) is 5. The molecule has 0 atom stereocenters. The molecule has 0 radical (unpaired) electrons. The smallest absolute Gasteiger partial charge is 0.224 e. The average Bonchev–Trinajstić information content (AvgIpc) is 2.27. The maximum atomic E-state index is 5.74. The summed E-state index contributed by atoms with van der Waals surface area (Å²) in [6, 6.07) is 3.66. The molecule has 16 heavy (non-hydrogen) atoms. The number of halogens is 1. The molecule has 2 aromatic heterocycles. The van der Waals surface area contributed by atoms with E-state index in [2.05, 4.69) is 25.3 Å². The SMILES string of the molecule is Cc1cc(NCc2ccncn2)nc(Cl)n1. The molecule has 0 spiro atoms. The monoisotopic (exact) mass is 235 g/mol. The van der Waals surface area contributed by atoms with Gasteiger partial charge in [-0.1, -0.05) is 0 Å². The lowest BCUT2D eigenvalue weighted by atomic mass is 10.4. The maximum Gasteiger partial charge on any atom is 0.224 e. The van der Waals surface area contributed by atoms with Crippen LogP contribution in [-0.2, 0) is 6.54 Å². The van der Waals surface area contributed by atoms with Crippen molar-refractivity contribution in [2.24, 2.45) is 0 Å². The van der Waals surface area contributed by atoms with E-state index in [1.165, 1.54) is 6.33 Å². The van der Waals surface area contributed by atoms with Gasteiger partial charge in [-0.2, -0.15) is 0 Å². The van der Waals surface area contributed by atoms with Crippen LogP contribution in [0.5, 0.6) is 0 Å². The molecule has 0 saturated heterocycles. The van der Waals surface area contributed by atoms with E-state index in [9.17, 15) is 0 Å². The van der Waals surface area contributed by atoms with Crippen molar-refractivity contribution >= 4 is 17.4 Å². The number of nitrogens with one attached hydrogen (secondary N) is 1. The number of aromatic nitrogens is 4. The molecule has 0 saturated carbocycles. The summed E-state index contributed by atoms with van der Waals surface area (Å²) in [4.78, 5) is 16.0. The van der Waals surface area contributed by atoms with Crippen LogP contribution in [0, 0.1) is 6.92 Å². The topological polar surface area (TPSA) is 63.6 Å². The highest BCUT2D eigenvalue weighted by Gasteiger charge is 2.00. The number of nitrogens with zero attached hydrogens (tertiary/aromatic N) is 4. The van der Waals surface area contributed by atoms with Crippen LogP contribution in [0.1, 0.15) is 11.4 Å². The highest BCUT2D eigenvalue weighted by molar-refractivity contribution is 6.28. The summed E-state index contributed by atoms with van der Waals surface area (Å²) in [7, 11) is 0. The van der Waals surface area contributed by atoms with Crippen LogP contribution in [0.25, 0.3) is 0 Å². The Bertz CT molecular complexity index is 454. The van der Waals surface area contributed by atoms with Gasteiger partial charge in [0.1, 0.15) is 12.1 Å². The zero-order valence-corrected chi connectivity index (χ0v) is 9.44. The van der Waals surface area contributed by atoms with E-state index in [0.717, 1.165) is 11.4 Å². The molecule has 0 aliphatic heterocycles. The first-order chi connectivity index (χ1) is 7.74. The molecule has 0 unspecified atom stereocenters. The first-order valence-electron chi connectivity index (χ1n) is 4.74. The van der Waals surface area contributed by atoms with Crippen LogP contribution in [0.3, 0.4) is 0 Å². The second-order valence-electron chi connectivity index (χ2n) is 3.22. The van der Waals surface area contributed by atoms with Gasteiger partial charge >= 0.3 is 0 Å². The predicted octanol–water partition coefficient (Wildman–Crippen LogP) is 1.84. The molecule has 0 bridgehead atoms. The molecule has 0 amide bonds. The Hall–Kier alpha value is -1.75. The molecule has 2 heterocycles. The molecule has 0 aliphatic carbocycles. The second-order valence-corrected chi connectivity index (χ2v) is 3.56. The largest absolute Gasteiger partial charge is 0.364 e. The van der Waals surface area contributed by atoms with Gasteiger partial charge in [0.05, 0.1) is 12.2 Å². The summed E-state index contributed by atoms with van der Waals surface area (Å²) >= 11 is 5.74. The van der Waals surface area contributed by atoms with E-state index in [1.807, 2.05) is 19.1 Å². The lowest BCUT2D eigenvalue weighted by Gasteiger charge is -2.05. The van der Waals surface area contributed by atoms with Crippen molar-refractivity contribution in [1.82, 2.24) is 19.9 Å². The summed E-state index contributed by atoms with van der Waals surface area (Å²) in [5, 5.41) is 3.36. The lowest BCUT2D eigenvalue weighted by molar-refractivity contribution is 0.986. The minimum Gasteiger partial charge on any atom is -0.364 e. The van der Waals surface area contributed by atoms with Gasteiger partial charge in [-0.05, 0) is 24.6 Å². The quantitative estimate of drug-likeness (QED) is 0.823. The molecule has 1 N–H and O–H groups in total. The minimum absolute atomic E-state index is 0.241. The lowest BCUT2D eigenvalue weighted by Crippen LogP contribution is -2.04. The van der Waals surface area contributed by atoms with Gasteiger partial charge in [0.25, 0.3) is 0 Å². The van der Waals surface area contributed by atoms with Crippen LogP contribution >= 0.6 is 11.6 Å². The summed E-state index contributed by atoms with van der Waals surface area (Å²) in [5.74, 6) is 0.691. The summed E-state index contributed by atoms with van der Waals surface area (Å²) in [6.45, 7) is 2.44. The van der Waals surface area contributed by atoms with Crippen LogP contribution in [0.15, 0.2) is 24.7 Å². The standard InChI is InChI=1S/C10H10ClN5/c1-7-4-9(16-10(11)15-7)13-5-8-2-3-12-6-14-8/h2-4,6H,5H2,1H3,(H,13,15,16). The van der Waals surface area contributed by atoms with Gasteiger partial charge in [0.15, 0.2) is 0 Å². The molecule has 0 aliphatic rings. The first-order valence-corrected chi connectivity index (χ1v) is 5.12. The first kappa shape index (κ1) is 10.8. The van der Waals surface area contributed by atoms with Crippen LogP contribution < -0.4 is 5.32 Å². The molecular formula is C10H10ClN5. The van der Waals surface area contributed by atoms with Crippen LogP contribution in [0.2, 0.25) is 5.28 Å². The maximum absolute atomic E-state index is 5.74. The Morgan fingerprint density at radius 2 is 2.25 bits per heavy atom. The van der Waals surface area contributed by atoms with Crippen molar-refractivity contribution in [1.29, 1.82) is 0 Å². The normalized spacial score (nSPS) is 10.1. The number of rotatable bonds is 3. The van der Waals surface area contributed by atoms with Gasteiger partial charge < -0.3 is 5.32 Å². The molecular weight excluding hydrogens is 226 g/mol. The number of anilines is 1. The summed E-state index contributed by atoms with van der Waals surface area (Å²) in [5.41, 5.74) is 1.72. The Balaban J connectivity index is 2.05. The number of aryl methyl sites for hydroxylation is 1. The van der Waals surface area contributed by atoms with Crippen LogP contribution in [0.4, 0.5) is 5.82 Å². The van der Waals surface area contributed by atoms with E-state index >= 15 is 0 Å². The van der Waals surface area contributed by atoms with Crippen molar-refractivity contribution in [2.75, 3.05) is 5.32 Å². The molecule has 82 valence electrons. The highest BCUT2D eigenvalue weighted by Crippen LogP contribution is 2.10. The molecule has 0 aromatic carbocycles. The molecule has 2 aromatic rings. The van der Waals surface area contributed by atoms with Crippen LogP contribution in [-0.4, -0.2) is 19.9 Å². The average molecular weight is 236 g/mol. The zero-order chi connectivity index (χ0) is 11.4. The van der Waals surface area contributed by atoms with Gasteiger partial charge in [0, 0.05) is 18.0 Å². The van der Waals surface area contributed by atoms with E-state index in [0.29, 0.717) is 12.4 Å². The molecule has 6 heteroatoms. The highest BCUT2D eigenvalue weighted by atomic mass is 35.5. The van der Waals surface area contributed by atoms with Crippen molar-refractivity contribution < 1.29 is 0 Å². The Labute approximate surface area is 98.0 Å². The van der Waals surface area contributed by atoms with Crippen molar-refractivity contribution in [3.05, 3.63) is 41.3 Å². The molecule has 0 fully saturated rings. The van der Waals surface area contributed by atoms with E-state index in [4.69, 9.17) is 11.6 Å². The Morgan fingerprint density at radius 1 is 1.38 bits per heavy atom. The fraction of sp³-hybridized carbons (Fsp3) is 0.200. The third-order valence-corrected chi connectivity index (χ3v) is 2.09. The van der Waals surface area contributed by atoms with Gasteiger partial charge in [-0.15, -0.1) is 0 Å². The van der Waals surface area contributed by atoms with Crippen molar-refractivity contribution in [3.8, 4) is 0 Å². The summed E-state index contributed by atoms with van der Waals surface area (Å²) < 4.78 is 0. The second kappa shape index (κ2) is 4.85. The van der Waals surface area contributed by atoms with Gasteiger partial charge in [-0.25, -0.2) is 19.9 Å². The van der Waals surface area contributed by atoms with Gasteiger partial charge in [0.2, 0.25) is 5.28 Å². The Kier molecular flexibility index (Phi) is 3.26. The van der Waals surface area contributed by atoms with Gasteiger partial charge in [-0.3, -0.25) is 0 Å². The van der Waals surface area contributed by atoms with Crippen molar-refractivity contribution in [2.45, 2.75) is 13.5 Å². The fourth-order valence-corrected chi connectivity index (χ4v) is 1.45. The molecule has 2 rings (SSSR count). The third-order valence-electron chi connectivity index (χ3n) is 1.92. The molecule has 5 nitrogen and oxygen atoms in total. The van der Waals surface area contributed by atoms with E-state index in [1.54, 1.807) is 6.20 Å². The summed E-state index contributed by atoms with van der Waals surface area (Å²) in [6.07, 6.45) is 3.21. The zero-order valence-electron chi connectivity index (χ0n) is 8.68. The third kappa shape index (κ3) is 2.87. The minimum atomic E-state index is 0.241. The Morgan fingerprint density at radius 3 is 2.94 bits per heavy atom. The predicted molar refractivity (Wildman–Crippen MR) is 61.1 cm³/mol. The fourth-order valence-electron chi connectivity index (χ4n) is 1.23. The number of hydrogen-bond donors (Lipinski definition) is 1. The van der Waals surface area contributed by atoms with Crippen molar-refractivity contribution in [3.63, 3.8) is 0 Å². The van der Waals surface area contributed by atoms with E-state index in [-0.39, 0.29) is 5.28 Å².